The van der Waals surface area contributed by atoms with Gasteiger partial charge in [0.25, 0.3) is 5.91 Å². The van der Waals surface area contributed by atoms with E-state index >= 15 is 0 Å². The Hall–Kier alpha value is -1.99. The minimum absolute atomic E-state index is 0.131. The van der Waals surface area contributed by atoms with Crippen LogP contribution in [0.25, 0.3) is 0 Å². The highest BCUT2D eigenvalue weighted by molar-refractivity contribution is 7.08. The standard InChI is InChI=1S/C14H17N3O3S/c1-3-11-13(21-17-16-11)14(19)15-8-12(18)9-4-6-10(20-2)7-5-9/h4-7,12,18H,3,8H2,1-2H3,(H,15,19)/t12-/m1/s1. The van der Waals surface area contributed by atoms with Crippen molar-refractivity contribution in [2.75, 3.05) is 13.7 Å². The first-order chi connectivity index (χ1) is 10.2. The zero-order valence-corrected chi connectivity index (χ0v) is 12.7. The van der Waals surface area contributed by atoms with E-state index in [-0.39, 0.29) is 12.5 Å². The highest BCUT2D eigenvalue weighted by Gasteiger charge is 2.16. The quantitative estimate of drug-likeness (QED) is 0.846. The first kappa shape index (κ1) is 15.4. The minimum atomic E-state index is -0.772. The van der Waals surface area contributed by atoms with Crippen LogP contribution < -0.4 is 10.1 Å². The van der Waals surface area contributed by atoms with Gasteiger partial charge >= 0.3 is 0 Å². The number of nitrogens with zero attached hydrogens (tertiary/aromatic N) is 2. The molecule has 1 heterocycles. The number of carbonyl (C=O) groups excluding carboxylic acids is 1. The number of aliphatic hydroxyl groups excluding tert-OH is 1. The summed E-state index contributed by atoms with van der Waals surface area (Å²) in [4.78, 5) is 12.5. The molecule has 1 aromatic heterocycles. The molecule has 1 amide bonds. The Morgan fingerprint density at radius 2 is 2.14 bits per heavy atom. The van der Waals surface area contributed by atoms with Gasteiger partial charge in [0.1, 0.15) is 10.6 Å². The number of amides is 1. The molecule has 0 radical (unpaired) electrons. The molecule has 2 aromatic rings. The number of benzene rings is 1. The van der Waals surface area contributed by atoms with Crippen molar-refractivity contribution >= 4 is 17.4 Å². The zero-order chi connectivity index (χ0) is 15.2. The number of aliphatic hydroxyl groups is 1. The summed E-state index contributed by atoms with van der Waals surface area (Å²) in [7, 11) is 1.58. The molecule has 0 spiro atoms. The number of ether oxygens (including phenoxy) is 1. The molecular formula is C14H17N3O3S. The first-order valence-electron chi connectivity index (χ1n) is 6.57. The maximum absolute atomic E-state index is 12.0. The van der Waals surface area contributed by atoms with Gasteiger partial charge in [0.05, 0.1) is 18.9 Å². The lowest BCUT2D eigenvalue weighted by Crippen LogP contribution is -2.28. The smallest absolute Gasteiger partial charge is 0.265 e. The maximum Gasteiger partial charge on any atom is 0.265 e. The molecule has 0 unspecified atom stereocenters. The molecule has 112 valence electrons. The van der Waals surface area contributed by atoms with Gasteiger partial charge in [-0.15, -0.1) is 5.10 Å². The third-order valence-corrected chi connectivity index (χ3v) is 3.82. The van der Waals surface area contributed by atoms with Crippen molar-refractivity contribution in [3.8, 4) is 5.75 Å². The van der Waals surface area contributed by atoms with Crippen molar-refractivity contribution in [2.24, 2.45) is 0 Å². The van der Waals surface area contributed by atoms with Gasteiger partial charge < -0.3 is 15.2 Å². The lowest BCUT2D eigenvalue weighted by molar-refractivity contribution is 0.0919. The molecule has 0 bridgehead atoms. The van der Waals surface area contributed by atoms with Crippen molar-refractivity contribution in [3.63, 3.8) is 0 Å². The van der Waals surface area contributed by atoms with E-state index in [0.29, 0.717) is 22.6 Å². The summed E-state index contributed by atoms with van der Waals surface area (Å²) in [6, 6.07) is 7.06. The Labute approximate surface area is 126 Å². The summed E-state index contributed by atoms with van der Waals surface area (Å²) in [5, 5.41) is 16.7. The zero-order valence-electron chi connectivity index (χ0n) is 11.9. The van der Waals surface area contributed by atoms with Crippen LogP contribution in [0.15, 0.2) is 24.3 Å². The Bertz CT molecular complexity index is 598. The van der Waals surface area contributed by atoms with Crippen LogP contribution >= 0.6 is 11.5 Å². The number of aromatic nitrogens is 2. The monoisotopic (exact) mass is 307 g/mol. The molecule has 21 heavy (non-hydrogen) atoms. The number of nitrogens with one attached hydrogen (secondary N) is 1. The average molecular weight is 307 g/mol. The SMILES string of the molecule is CCc1nnsc1C(=O)NC[C@@H](O)c1ccc(OC)cc1. The van der Waals surface area contributed by atoms with E-state index in [0.717, 1.165) is 17.3 Å². The highest BCUT2D eigenvalue weighted by Crippen LogP contribution is 2.17. The molecule has 0 saturated carbocycles. The van der Waals surface area contributed by atoms with Crippen molar-refractivity contribution in [1.29, 1.82) is 0 Å². The van der Waals surface area contributed by atoms with E-state index in [1.54, 1.807) is 31.4 Å². The largest absolute Gasteiger partial charge is 0.497 e. The second-order valence-corrected chi connectivity index (χ2v) is 5.16. The lowest BCUT2D eigenvalue weighted by Gasteiger charge is -2.12. The summed E-state index contributed by atoms with van der Waals surface area (Å²) in [5.41, 5.74) is 1.39. The molecule has 0 aliphatic heterocycles. The predicted octanol–water partition coefficient (Wildman–Crippen LogP) is 1.57. The van der Waals surface area contributed by atoms with Gasteiger partial charge in [0, 0.05) is 6.54 Å². The van der Waals surface area contributed by atoms with Crippen LogP contribution in [0.2, 0.25) is 0 Å². The summed E-state index contributed by atoms with van der Waals surface area (Å²) in [6.45, 7) is 2.05. The van der Waals surface area contributed by atoms with Gasteiger partial charge in [-0.25, -0.2) is 0 Å². The highest BCUT2D eigenvalue weighted by atomic mass is 32.1. The molecule has 2 rings (SSSR count). The first-order valence-corrected chi connectivity index (χ1v) is 7.34. The summed E-state index contributed by atoms with van der Waals surface area (Å²) in [6.07, 6.45) is -0.119. The van der Waals surface area contributed by atoms with Crippen molar-refractivity contribution < 1.29 is 14.6 Å². The Morgan fingerprint density at radius 3 is 2.76 bits per heavy atom. The summed E-state index contributed by atoms with van der Waals surface area (Å²) < 4.78 is 8.83. The molecular weight excluding hydrogens is 290 g/mol. The van der Waals surface area contributed by atoms with E-state index in [1.165, 1.54) is 0 Å². The van der Waals surface area contributed by atoms with E-state index < -0.39 is 6.10 Å². The third-order valence-electron chi connectivity index (χ3n) is 3.05. The van der Waals surface area contributed by atoms with Gasteiger partial charge in [-0.2, -0.15) is 0 Å². The van der Waals surface area contributed by atoms with Gasteiger partial charge in [0.2, 0.25) is 0 Å². The van der Waals surface area contributed by atoms with Crippen LogP contribution in [0, 0.1) is 0 Å². The fourth-order valence-corrected chi connectivity index (χ4v) is 2.49. The molecule has 6 nitrogen and oxygen atoms in total. The summed E-state index contributed by atoms with van der Waals surface area (Å²) >= 11 is 1.06. The van der Waals surface area contributed by atoms with E-state index in [9.17, 15) is 9.90 Å². The van der Waals surface area contributed by atoms with Gasteiger partial charge in [-0.05, 0) is 35.6 Å². The molecule has 7 heteroatoms. The molecule has 1 atom stereocenters. The van der Waals surface area contributed by atoms with E-state index in [4.69, 9.17) is 4.74 Å². The van der Waals surface area contributed by atoms with E-state index in [1.807, 2.05) is 6.92 Å². The van der Waals surface area contributed by atoms with E-state index in [2.05, 4.69) is 14.9 Å². The average Bonchev–Trinajstić information content (AvgIpc) is 3.01. The van der Waals surface area contributed by atoms with Crippen LogP contribution in [0.3, 0.4) is 0 Å². The molecule has 0 fully saturated rings. The van der Waals surface area contributed by atoms with Crippen LogP contribution in [-0.4, -0.2) is 34.3 Å². The Morgan fingerprint density at radius 1 is 1.43 bits per heavy atom. The normalized spacial score (nSPS) is 12.0. The fourth-order valence-electron chi connectivity index (χ4n) is 1.83. The number of methoxy groups -OCH3 is 1. The third kappa shape index (κ3) is 3.77. The second kappa shape index (κ2) is 7.14. The van der Waals surface area contributed by atoms with Gasteiger partial charge in [-0.3, -0.25) is 4.79 Å². The Kier molecular flexibility index (Phi) is 5.24. The number of rotatable bonds is 6. The van der Waals surface area contributed by atoms with Gasteiger partial charge in [-0.1, -0.05) is 23.5 Å². The number of aryl methyl sites for hydroxylation is 1. The maximum atomic E-state index is 12.0. The van der Waals surface area contributed by atoms with Crippen LogP contribution in [0.1, 0.15) is 34.0 Å². The summed E-state index contributed by atoms with van der Waals surface area (Å²) in [5.74, 6) is 0.465. The predicted molar refractivity (Wildman–Crippen MR) is 79.6 cm³/mol. The number of hydrogen-bond donors (Lipinski definition) is 2. The van der Waals surface area contributed by atoms with Gasteiger partial charge in [0.15, 0.2) is 0 Å². The van der Waals surface area contributed by atoms with Crippen LogP contribution in [-0.2, 0) is 6.42 Å². The van der Waals surface area contributed by atoms with Crippen LogP contribution in [0.4, 0.5) is 0 Å². The Balaban J connectivity index is 1.94. The number of carbonyl (C=O) groups is 1. The van der Waals surface area contributed by atoms with Crippen molar-refractivity contribution in [3.05, 3.63) is 40.4 Å². The van der Waals surface area contributed by atoms with Crippen LogP contribution in [0.5, 0.6) is 5.75 Å². The topological polar surface area (TPSA) is 84.3 Å². The van der Waals surface area contributed by atoms with Crippen molar-refractivity contribution in [1.82, 2.24) is 14.9 Å². The van der Waals surface area contributed by atoms with Crippen molar-refractivity contribution in [2.45, 2.75) is 19.4 Å². The fraction of sp³-hybridized carbons (Fsp3) is 0.357. The molecule has 0 aliphatic rings. The molecule has 0 saturated heterocycles. The molecule has 2 N–H and O–H groups in total. The minimum Gasteiger partial charge on any atom is -0.497 e. The lowest BCUT2D eigenvalue weighted by atomic mass is 10.1. The molecule has 0 aliphatic carbocycles. The number of hydrogen-bond acceptors (Lipinski definition) is 6. The second-order valence-electron chi connectivity index (χ2n) is 4.40. The molecule has 1 aromatic carbocycles.